The fraction of sp³-hybridized carbons (Fsp3) is 0.174. The zero-order chi connectivity index (χ0) is 20.6. The highest BCUT2D eigenvalue weighted by Gasteiger charge is 2.14. The van der Waals surface area contributed by atoms with Crippen molar-refractivity contribution in [2.45, 2.75) is 20.4 Å². The molecule has 0 amide bonds. The van der Waals surface area contributed by atoms with Gasteiger partial charge in [0.05, 0.1) is 17.3 Å². The SMILES string of the molecule is Cc1ccc(Cn2c(-c3cccc(NS(C)(=O)=O)c3)nc3cc(C)ccc32)cc1. The summed E-state index contributed by atoms with van der Waals surface area (Å²) >= 11 is 0. The fourth-order valence-electron chi connectivity index (χ4n) is 3.43. The average Bonchev–Trinajstić information content (AvgIpc) is 3.00. The van der Waals surface area contributed by atoms with Crippen molar-refractivity contribution in [2.75, 3.05) is 11.0 Å². The molecule has 0 radical (unpaired) electrons. The van der Waals surface area contributed by atoms with E-state index in [2.05, 4.69) is 65.6 Å². The molecule has 29 heavy (non-hydrogen) atoms. The molecule has 6 heteroatoms. The van der Waals surface area contributed by atoms with Crippen molar-refractivity contribution < 1.29 is 8.42 Å². The van der Waals surface area contributed by atoms with E-state index in [0.29, 0.717) is 12.2 Å². The molecule has 0 unspecified atom stereocenters. The molecule has 3 aromatic carbocycles. The predicted molar refractivity (Wildman–Crippen MR) is 119 cm³/mol. The number of aryl methyl sites for hydroxylation is 2. The second-order valence-corrected chi connectivity index (χ2v) is 9.20. The molecule has 4 aromatic rings. The van der Waals surface area contributed by atoms with E-state index >= 15 is 0 Å². The van der Waals surface area contributed by atoms with E-state index in [1.165, 1.54) is 11.1 Å². The third-order valence-electron chi connectivity index (χ3n) is 4.79. The number of rotatable bonds is 5. The second-order valence-electron chi connectivity index (χ2n) is 7.45. The third kappa shape index (κ3) is 4.32. The highest BCUT2D eigenvalue weighted by atomic mass is 32.2. The highest BCUT2D eigenvalue weighted by Crippen LogP contribution is 2.28. The number of imidazole rings is 1. The van der Waals surface area contributed by atoms with Gasteiger partial charge in [-0.05, 0) is 49.2 Å². The molecule has 0 atom stereocenters. The maximum Gasteiger partial charge on any atom is 0.229 e. The maximum absolute atomic E-state index is 11.6. The smallest absolute Gasteiger partial charge is 0.229 e. The first-order chi connectivity index (χ1) is 13.8. The molecular weight excluding hydrogens is 382 g/mol. The molecule has 0 aliphatic rings. The Balaban J connectivity index is 1.85. The molecule has 1 aromatic heterocycles. The van der Waals surface area contributed by atoms with Crippen LogP contribution in [0.25, 0.3) is 22.4 Å². The van der Waals surface area contributed by atoms with Crippen molar-refractivity contribution >= 4 is 26.7 Å². The summed E-state index contributed by atoms with van der Waals surface area (Å²) in [5.74, 6) is 0.809. The van der Waals surface area contributed by atoms with E-state index in [1.807, 2.05) is 18.2 Å². The van der Waals surface area contributed by atoms with Crippen LogP contribution in [0.4, 0.5) is 5.69 Å². The zero-order valence-corrected chi connectivity index (χ0v) is 17.5. The number of fused-ring (bicyclic) bond motifs is 1. The molecular formula is C23H23N3O2S. The minimum Gasteiger partial charge on any atom is -0.319 e. The second kappa shape index (κ2) is 7.37. The van der Waals surface area contributed by atoms with Gasteiger partial charge in [0, 0.05) is 17.8 Å². The van der Waals surface area contributed by atoms with Crippen LogP contribution in [0.3, 0.4) is 0 Å². The van der Waals surface area contributed by atoms with E-state index in [1.54, 1.807) is 6.07 Å². The van der Waals surface area contributed by atoms with E-state index in [9.17, 15) is 8.42 Å². The van der Waals surface area contributed by atoms with E-state index in [0.717, 1.165) is 34.2 Å². The Hall–Kier alpha value is -3.12. The third-order valence-corrected chi connectivity index (χ3v) is 5.40. The molecule has 0 saturated carbocycles. The zero-order valence-electron chi connectivity index (χ0n) is 16.7. The summed E-state index contributed by atoms with van der Waals surface area (Å²) in [6.45, 7) is 4.80. The van der Waals surface area contributed by atoms with Crippen LogP contribution in [-0.2, 0) is 16.6 Å². The van der Waals surface area contributed by atoms with Crippen molar-refractivity contribution in [2.24, 2.45) is 0 Å². The van der Waals surface area contributed by atoms with Gasteiger partial charge in [-0.1, -0.05) is 48.0 Å². The van der Waals surface area contributed by atoms with Gasteiger partial charge in [-0.2, -0.15) is 0 Å². The van der Waals surface area contributed by atoms with Gasteiger partial charge < -0.3 is 4.57 Å². The van der Waals surface area contributed by atoms with E-state index in [4.69, 9.17) is 4.98 Å². The first-order valence-corrected chi connectivity index (χ1v) is 11.3. The molecule has 4 rings (SSSR count). The van der Waals surface area contributed by atoms with Crippen LogP contribution in [0.2, 0.25) is 0 Å². The Kier molecular flexibility index (Phi) is 4.88. The molecule has 0 spiro atoms. The van der Waals surface area contributed by atoms with Gasteiger partial charge in [-0.25, -0.2) is 13.4 Å². The number of benzene rings is 3. The Morgan fingerprint density at radius 3 is 2.38 bits per heavy atom. The topological polar surface area (TPSA) is 64.0 Å². The number of aromatic nitrogens is 2. The Labute approximate surface area is 171 Å². The standard InChI is InChI=1S/C23H23N3O2S/c1-16-7-10-18(11-8-16)15-26-22-12-9-17(2)13-21(22)24-23(26)19-5-4-6-20(14-19)25-29(3,27)28/h4-14,25H,15H2,1-3H3. The highest BCUT2D eigenvalue weighted by molar-refractivity contribution is 7.92. The Morgan fingerprint density at radius 1 is 0.931 bits per heavy atom. The predicted octanol–water partition coefficient (Wildman–Crippen LogP) is 4.74. The molecule has 5 nitrogen and oxygen atoms in total. The lowest BCUT2D eigenvalue weighted by atomic mass is 10.1. The lowest BCUT2D eigenvalue weighted by Gasteiger charge is -2.11. The molecule has 0 aliphatic carbocycles. The van der Waals surface area contributed by atoms with Crippen molar-refractivity contribution in [1.29, 1.82) is 0 Å². The summed E-state index contributed by atoms with van der Waals surface area (Å²) in [4.78, 5) is 4.88. The van der Waals surface area contributed by atoms with Crippen molar-refractivity contribution in [3.8, 4) is 11.4 Å². The summed E-state index contributed by atoms with van der Waals surface area (Å²) in [7, 11) is -3.35. The molecule has 1 N–H and O–H groups in total. The largest absolute Gasteiger partial charge is 0.319 e. The van der Waals surface area contributed by atoms with Gasteiger partial charge in [-0.15, -0.1) is 0 Å². The molecule has 0 bridgehead atoms. The summed E-state index contributed by atoms with van der Waals surface area (Å²) in [5, 5.41) is 0. The van der Waals surface area contributed by atoms with Gasteiger partial charge in [0.2, 0.25) is 10.0 Å². The number of sulfonamides is 1. The van der Waals surface area contributed by atoms with Crippen LogP contribution in [-0.4, -0.2) is 24.2 Å². The number of hydrogen-bond donors (Lipinski definition) is 1. The molecule has 0 aliphatic heterocycles. The molecule has 0 fully saturated rings. The minimum atomic E-state index is -3.35. The average molecular weight is 406 g/mol. The van der Waals surface area contributed by atoms with E-state index in [-0.39, 0.29) is 0 Å². The normalized spacial score (nSPS) is 11.7. The fourth-order valence-corrected chi connectivity index (χ4v) is 3.99. The molecule has 1 heterocycles. The van der Waals surface area contributed by atoms with Crippen LogP contribution in [0.15, 0.2) is 66.7 Å². The Morgan fingerprint density at radius 2 is 1.66 bits per heavy atom. The van der Waals surface area contributed by atoms with Crippen LogP contribution < -0.4 is 4.72 Å². The lowest BCUT2D eigenvalue weighted by Crippen LogP contribution is -2.09. The lowest BCUT2D eigenvalue weighted by molar-refractivity contribution is 0.607. The van der Waals surface area contributed by atoms with Crippen molar-refractivity contribution in [3.63, 3.8) is 0 Å². The van der Waals surface area contributed by atoms with E-state index < -0.39 is 10.0 Å². The maximum atomic E-state index is 11.6. The summed E-state index contributed by atoms with van der Waals surface area (Å²) < 4.78 is 28.0. The quantitative estimate of drug-likeness (QED) is 0.522. The Bertz CT molecular complexity index is 1290. The van der Waals surface area contributed by atoms with Gasteiger partial charge in [0.1, 0.15) is 5.82 Å². The molecule has 148 valence electrons. The van der Waals surface area contributed by atoms with Crippen LogP contribution in [0.5, 0.6) is 0 Å². The number of hydrogen-bond acceptors (Lipinski definition) is 3. The number of nitrogens with one attached hydrogen (secondary N) is 1. The van der Waals surface area contributed by atoms with Gasteiger partial charge in [-0.3, -0.25) is 4.72 Å². The van der Waals surface area contributed by atoms with Crippen LogP contribution in [0.1, 0.15) is 16.7 Å². The number of anilines is 1. The van der Waals surface area contributed by atoms with Gasteiger partial charge in [0.15, 0.2) is 0 Å². The van der Waals surface area contributed by atoms with Crippen molar-refractivity contribution in [3.05, 3.63) is 83.4 Å². The van der Waals surface area contributed by atoms with Gasteiger partial charge >= 0.3 is 0 Å². The summed E-state index contributed by atoms with van der Waals surface area (Å²) in [6, 6.07) is 22.1. The summed E-state index contributed by atoms with van der Waals surface area (Å²) in [6.07, 6.45) is 1.15. The first kappa shape index (κ1) is 19.2. The van der Waals surface area contributed by atoms with Crippen molar-refractivity contribution in [1.82, 2.24) is 9.55 Å². The first-order valence-electron chi connectivity index (χ1n) is 9.39. The molecule has 0 saturated heterocycles. The van der Waals surface area contributed by atoms with Crippen LogP contribution >= 0.6 is 0 Å². The minimum absolute atomic E-state index is 0.523. The van der Waals surface area contributed by atoms with Crippen LogP contribution in [0, 0.1) is 13.8 Å². The number of nitrogens with zero attached hydrogens (tertiary/aromatic N) is 2. The summed E-state index contributed by atoms with van der Waals surface area (Å²) in [5.41, 5.74) is 6.91. The van der Waals surface area contributed by atoms with Gasteiger partial charge in [0.25, 0.3) is 0 Å². The monoisotopic (exact) mass is 405 g/mol.